The summed E-state index contributed by atoms with van der Waals surface area (Å²) in [6.07, 6.45) is 5.15. The number of fused-ring (bicyclic) bond motifs is 1. The average Bonchev–Trinajstić information content (AvgIpc) is 3.09. The Labute approximate surface area is 151 Å². The predicted octanol–water partition coefficient (Wildman–Crippen LogP) is 1.28. The lowest BCUT2D eigenvalue weighted by Gasteiger charge is -2.32. The van der Waals surface area contributed by atoms with Gasteiger partial charge in [-0.25, -0.2) is 0 Å². The van der Waals surface area contributed by atoms with Crippen LogP contribution in [0.4, 0.5) is 0 Å². The largest absolute Gasteiger partial charge is 0.484 e. The van der Waals surface area contributed by atoms with Crippen molar-refractivity contribution in [3.05, 3.63) is 35.7 Å². The quantitative estimate of drug-likeness (QED) is 0.886. The highest BCUT2D eigenvalue weighted by Gasteiger charge is 2.31. The van der Waals surface area contributed by atoms with Gasteiger partial charge in [-0.15, -0.1) is 10.2 Å². The Morgan fingerprint density at radius 1 is 1.35 bits per heavy atom. The van der Waals surface area contributed by atoms with E-state index in [9.17, 15) is 4.79 Å². The van der Waals surface area contributed by atoms with Crippen molar-refractivity contribution in [2.24, 2.45) is 0 Å². The Balaban J connectivity index is 1.45. The van der Waals surface area contributed by atoms with Crippen molar-refractivity contribution >= 4 is 5.91 Å². The number of aryl methyl sites for hydroxylation is 2. The predicted molar refractivity (Wildman–Crippen MR) is 93.0 cm³/mol. The molecule has 0 aromatic carbocycles. The third-order valence-corrected chi connectivity index (χ3v) is 4.85. The normalized spacial score (nSPS) is 22.5. The molecule has 2 aromatic rings. The minimum Gasteiger partial charge on any atom is -0.484 e. The van der Waals surface area contributed by atoms with E-state index in [1.54, 1.807) is 6.20 Å². The van der Waals surface area contributed by atoms with Gasteiger partial charge in [0.2, 0.25) is 5.82 Å². The Kier molecular flexibility index (Phi) is 4.83. The van der Waals surface area contributed by atoms with Crippen molar-refractivity contribution in [1.82, 2.24) is 25.1 Å². The smallest absolute Gasteiger partial charge is 0.289 e. The molecular formula is C18H23N5O3. The third-order valence-electron chi connectivity index (χ3n) is 4.85. The maximum atomic E-state index is 12.7. The van der Waals surface area contributed by atoms with Gasteiger partial charge >= 0.3 is 0 Å². The van der Waals surface area contributed by atoms with Gasteiger partial charge < -0.3 is 19.4 Å². The zero-order chi connectivity index (χ0) is 17.9. The molecule has 2 aliphatic rings. The molecule has 4 rings (SSSR count). The summed E-state index contributed by atoms with van der Waals surface area (Å²) in [5.41, 5.74) is 0.929. The summed E-state index contributed by atoms with van der Waals surface area (Å²) in [7, 11) is 0. The van der Waals surface area contributed by atoms with E-state index in [4.69, 9.17) is 9.47 Å². The highest BCUT2D eigenvalue weighted by atomic mass is 16.5. The molecule has 8 nitrogen and oxygen atoms in total. The number of hydrogen-bond donors (Lipinski definition) is 1. The lowest BCUT2D eigenvalue weighted by atomic mass is 10.1. The van der Waals surface area contributed by atoms with Crippen LogP contribution in [0.25, 0.3) is 0 Å². The number of nitrogens with one attached hydrogen (secondary N) is 1. The van der Waals surface area contributed by atoms with E-state index in [0.717, 1.165) is 37.3 Å². The van der Waals surface area contributed by atoms with Crippen LogP contribution in [-0.2, 0) is 17.7 Å². The molecule has 0 bridgehead atoms. The van der Waals surface area contributed by atoms with E-state index in [0.29, 0.717) is 31.2 Å². The Morgan fingerprint density at radius 2 is 2.27 bits per heavy atom. The maximum absolute atomic E-state index is 12.7. The van der Waals surface area contributed by atoms with Crippen LogP contribution < -0.4 is 10.1 Å². The van der Waals surface area contributed by atoms with E-state index in [2.05, 4.69) is 20.5 Å². The topological polar surface area (TPSA) is 91.2 Å². The maximum Gasteiger partial charge on any atom is 0.289 e. The van der Waals surface area contributed by atoms with Gasteiger partial charge in [0, 0.05) is 25.3 Å². The minimum atomic E-state index is -0.263. The third kappa shape index (κ3) is 3.55. The van der Waals surface area contributed by atoms with Crippen molar-refractivity contribution in [2.75, 3.05) is 13.2 Å². The molecule has 1 amide bonds. The summed E-state index contributed by atoms with van der Waals surface area (Å²) in [5, 5.41) is 11.3. The molecule has 0 saturated carbocycles. The molecule has 1 saturated heterocycles. The first kappa shape index (κ1) is 17.0. The van der Waals surface area contributed by atoms with Crippen molar-refractivity contribution in [3.63, 3.8) is 0 Å². The summed E-state index contributed by atoms with van der Waals surface area (Å²) >= 11 is 0. The summed E-state index contributed by atoms with van der Waals surface area (Å²) in [5.74, 6) is 1.76. The minimum absolute atomic E-state index is 0.144. The van der Waals surface area contributed by atoms with Crippen LogP contribution in [0.2, 0.25) is 0 Å². The van der Waals surface area contributed by atoms with Gasteiger partial charge in [-0.3, -0.25) is 9.78 Å². The second-order valence-electron chi connectivity index (χ2n) is 6.78. The van der Waals surface area contributed by atoms with Gasteiger partial charge in [-0.05, 0) is 38.3 Å². The first-order chi connectivity index (χ1) is 12.7. The SMILES string of the molecule is Cc1ccc(O[C@@H]2COCC[C@@H]2NC(=O)c2nnc3n2CCCC3)cn1. The lowest BCUT2D eigenvalue weighted by molar-refractivity contribution is -0.0137. The van der Waals surface area contributed by atoms with Gasteiger partial charge in [0.15, 0.2) is 0 Å². The Morgan fingerprint density at radius 3 is 3.12 bits per heavy atom. The number of amides is 1. The summed E-state index contributed by atoms with van der Waals surface area (Å²) in [6.45, 7) is 3.75. The van der Waals surface area contributed by atoms with Crippen molar-refractivity contribution in [2.45, 2.75) is 51.3 Å². The molecule has 0 aliphatic carbocycles. The summed E-state index contributed by atoms with van der Waals surface area (Å²) in [6, 6.07) is 3.63. The molecule has 0 radical (unpaired) electrons. The number of carbonyl (C=O) groups is 1. The summed E-state index contributed by atoms with van der Waals surface area (Å²) < 4.78 is 13.5. The zero-order valence-electron chi connectivity index (χ0n) is 14.9. The molecule has 4 heterocycles. The first-order valence-corrected chi connectivity index (χ1v) is 9.11. The van der Waals surface area contributed by atoms with Gasteiger partial charge in [0.05, 0.1) is 18.8 Å². The van der Waals surface area contributed by atoms with Gasteiger partial charge in [0.25, 0.3) is 5.91 Å². The van der Waals surface area contributed by atoms with Gasteiger partial charge in [-0.2, -0.15) is 0 Å². The molecule has 0 unspecified atom stereocenters. The lowest BCUT2D eigenvalue weighted by Crippen LogP contribution is -2.51. The number of ether oxygens (including phenoxy) is 2. The second kappa shape index (κ2) is 7.41. The van der Waals surface area contributed by atoms with E-state index in [-0.39, 0.29) is 18.1 Å². The highest BCUT2D eigenvalue weighted by molar-refractivity contribution is 5.91. The molecule has 8 heteroatoms. The monoisotopic (exact) mass is 357 g/mol. The van der Waals surface area contributed by atoms with Gasteiger partial charge in [-0.1, -0.05) is 0 Å². The number of pyridine rings is 1. The molecule has 2 atom stereocenters. The van der Waals surface area contributed by atoms with Crippen LogP contribution in [0.3, 0.4) is 0 Å². The number of aromatic nitrogens is 4. The standard InChI is InChI=1S/C18H23N5O3/c1-12-5-6-13(10-19-12)26-15-11-25-9-7-14(15)20-18(24)17-22-21-16-4-2-3-8-23(16)17/h5-6,10,14-15H,2-4,7-9,11H2,1H3,(H,20,24)/t14-,15+/m0/s1. The first-order valence-electron chi connectivity index (χ1n) is 9.11. The van der Waals surface area contributed by atoms with Gasteiger partial charge in [0.1, 0.15) is 17.7 Å². The Hall–Kier alpha value is -2.48. The zero-order valence-corrected chi connectivity index (χ0v) is 14.9. The number of hydrogen-bond acceptors (Lipinski definition) is 6. The van der Waals surface area contributed by atoms with Crippen LogP contribution in [-0.4, -0.2) is 51.0 Å². The molecule has 2 aromatic heterocycles. The van der Waals surface area contributed by atoms with Crippen LogP contribution in [0.1, 0.15) is 41.4 Å². The van der Waals surface area contributed by atoms with E-state index in [1.807, 2.05) is 23.6 Å². The highest BCUT2D eigenvalue weighted by Crippen LogP contribution is 2.19. The van der Waals surface area contributed by atoms with Crippen molar-refractivity contribution in [3.8, 4) is 5.75 Å². The number of nitrogens with zero attached hydrogens (tertiary/aromatic N) is 4. The molecule has 2 aliphatic heterocycles. The number of carbonyl (C=O) groups excluding carboxylic acids is 1. The second-order valence-corrected chi connectivity index (χ2v) is 6.78. The molecule has 1 N–H and O–H groups in total. The summed E-state index contributed by atoms with van der Waals surface area (Å²) in [4.78, 5) is 17.0. The molecule has 26 heavy (non-hydrogen) atoms. The van der Waals surface area contributed by atoms with E-state index in [1.165, 1.54) is 0 Å². The average molecular weight is 357 g/mol. The van der Waals surface area contributed by atoms with Crippen LogP contribution in [0, 0.1) is 6.92 Å². The fourth-order valence-corrected chi connectivity index (χ4v) is 3.40. The van der Waals surface area contributed by atoms with E-state index < -0.39 is 0 Å². The fourth-order valence-electron chi connectivity index (χ4n) is 3.40. The Bertz CT molecular complexity index is 774. The van der Waals surface area contributed by atoms with E-state index >= 15 is 0 Å². The molecule has 1 fully saturated rings. The van der Waals surface area contributed by atoms with Crippen molar-refractivity contribution < 1.29 is 14.3 Å². The van der Waals surface area contributed by atoms with Crippen molar-refractivity contribution in [1.29, 1.82) is 0 Å². The molecular weight excluding hydrogens is 334 g/mol. The van der Waals surface area contributed by atoms with Crippen LogP contribution >= 0.6 is 0 Å². The molecule has 138 valence electrons. The van der Waals surface area contributed by atoms with Crippen LogP contribution in [0.15, 0.2) is 18.3 Å². The number of rotatable bonds is 4. The van der Waals surface area contributed by atoms with Crippen LogP contribution in [0.5, 0.6) is 5.75 Å². The molecule has 0 spiro atoms. The fraction of sp³-hybridized carbons (Fsp3) is 0.556.